The minimum absolute atomic E-state index is 0.403. The standard InChI is InChI=1S/C6H4N2.C4N3/c7-4-6-2-1-3-8-5-6;5-1-4(2-6)3-7/h1-3,5H;/q;-1/p+1. The number of nitrogens with one attached hydrogen (secondary N) is 1. The van der Waals surface area contributed by atoms with Gasteiger partial charge in [0.2, 0.25) is 0 Å². The average molecular weight is 195 g/mol. The second-order valence-electron chi connectivity index (χ2n) is 2.11. The molecule has 0 bridgehead atoms. The second-order valence-corrected chi connectivity index (χ2v) is 2.11. The minimum atomic E-state index is -0.403. The molecule has 0 unspecified atom stereocenters. The van der Waals surface area contributed by atoms with Crippen LogP contribution >= 0.6 is 0 Å². The number of aromatic amines is 1. The van der Waals surface area contributed by atoms with Crippen LogP contribution in [0.5, 0.6) is 0 Å². The Morgan fingerprint density at radius 1 is 1.27 bits per heavy atom. The van der Waals surface area contributed by atoms with Crippen molar-refractivity contribution < 1.29 is 4.98 Å². The zero-order valence-electron chi connectivity index (χ0n) is 7.60. The molecule has 0 amide bonds. The monoisotopic (exact) mass is 195 g/mol. The Hall–Kier alpha value is -2.93. The van der Waals surface area contributed by atoms with Crippen LogP contribution in [0.25, 0.3) is 5.41 Å². The molecule has 1 N–H and O–H groups in total. The van der Waals surface area contributed by atoms with Gasteiger partial charge in [0.25, 0.3) is 0 Å². The van der Waals surface area contributed by atoms with Gasteiger partial charge in [-0.05, 0) is 6.07 Å². The fourth-order valence-electron chi connectivity index (χ4n) is 0.538. The van der Waals surface area contributed by atoms with Crippen molar-refractivity contribution in [3.05, 3.63) is 41.1 Å². The highest BCUT2D eigenvalue weighted by Crippen LogP contribution is 1.86. The van der Waals surface area contributed by atoms with Crippen LogP contribution < -0.4 is 4.98 Å². The number of pyridine rings is 1. The average Bonchev–Trinajstić information content (AvgIpc) is 2.33. The molecule has 0 spiro atoms. The fraction of sp³-hybridized carbons (Fsp3) is 0. The Morgan fingerprint density at radius 2 is 1.93 bits per heavy atom. The van der Waals surface area contributed by atoms with Crippen molar-refractivity contribution >= 4 is 5.87 Å². The van der Waals surface area contributed by atoms with Crippen LogP contribution in [0.3, 0.4) is 0 Å². The van der Waals surface area contributed by atoms with Crippen molar-refractivity contribution in [1.29, 1.82) is 15.8 Å². The number of nitriles is 3. The molecule has 0 fully saturated rings. The van der Waals surface area contributed by atoms with E-state index in [0.717, 1.165) is 0 Å². The quantitative estimate of drug-likeness (QED) is 0.446. The summed E-state index contributed by atoms with van der Waals surface area (Å²) in [4.78, 5) is 2.79. The zero-order valence-corrected chi connectivity index (χ0v) is 7.60. The maximum atomic E-state index is 8.27. The second kappa shape index (κ2) is 7.71. The molecule has 1 heterocycles. The molecule has 0 saturated carbocycles. The Balaban J connectivity index is 0.000000265. The molecule has 0 aromatic carbocycles. The Bertz CT molecular complexity index is 461. The summed E-state index contributed by atoms with van der Waals surface area (Å²) in [6.45, 7) is 0. The first-order valence-electron chi connectivity index (χ1n) is 3.72. The number of hydrogen-bond acceptors (Lipinski definition) is 3. The summed E-state index contributed by atoms with van der Waals surface area (Å²) in [6, 6.07) is 8.32. The van der Waals surface area contributed by atoms with E-state index >= 15 is 0 Å². The highest BCUT2D eigenvalue weighted by atomic mass is 14.6. The van der Waals surface area contributed by atoms with Crippen molar-refractivity contribution in [3.63, 3.8) is 0 Å². The van der Waals surface area contributed by atoms with Gasteiger partial charge < -0.3 is 5.41 Å². The Labute approximate surface area is 86.7 Å². The van der Waals surface area contributed by atoms with Crippen LogP contribution in [-0.4, -0.2) is 5.87 Å². The molecule has 1 aromatic heterocycles. The predicted molar refractivity (Wildman–Crippen MR) is 50.8 cm³/mol. The van der Waals surface area contributed by atoms with Gasteiger partial charge in [0.05, 0.1) is 0 Å². The maximum absolute atomic E-state index is 8.27. The molecular weight excluding hydrogens is 190 g/mol. The molecule has 0 radical (unpaired) electrons. The predicted octanol–water partition coefficient (Wildman–Crippen LogP) is 0.571. The molecule has 0 aliphatic carbocycles. The largest absolute Gasteiger partial charge is 0.762 e. The molecular formula is C10H5N5. The molecule has 5 heteroatoms. The van der Waals surface area contributed by atoms with Crippen LogP contribution in [0.4, 0.5) is 0 Å². The first-order valence-corrected chi connectivity index (χ1v) is 3.72. The third kappa shape index (κ3) is 5.33. The fourth-order valence-corrected chi connectivity index (χ4v) is 0.538. The normalized spacial score (nSPS) is 6.47. The van der Waals surface area contributed by atoms with Crippen molar-refractivity contribution in [2.45, 2.75) is 0 Å². The lowest BCUT2D eigenvalue weighted by molar-refractivity contribution is -0.378. The van der Waals surface area contributed by atoms with Gasteiger partial charge in [-0.25, -0.2) is 10.9 Å². The molecule has 15 heavy (non-hydrogen) atoms. The summed E-state index contributed by atoms with van der Waals surface area (Å²) in [5.74, 6) is 1.40. The third-order valence-electron chi connectivity index (χ3n) is 1.17. The zero-order chi connectivity index (χ0) is 11.5. The van der Waals surface area contributed by atoms with E-state index in [-0.39, 0.29) is 0 Å². The molecule has 1 aromatic rings. The molecule has 0 saturated heterocycles. The molecule has 70 valence electrons. The first kappa shape index (κ1) is 12.1. The van der Waals surface area contributed by atoms with E-state index in [4.69, 9.17) is 21.2 Å². The lowest BCUT2D eigenvalue weighted by atomic mass is 10.3. The molecule has 5 nitrogen and oxygen atoms in total. The Kier molecular flexibility index (Phi) is 6.20. The van der Waals surface area contributed by atoms with Crippen LogP contribution in [0.1, 0.15) is 5.56 Å². The van der Waals surface area contributed by atoms with E-state index in [9.17, 15) is 0 Å². The summed E-state index contributed by atoms with van der Waals surface area (Å²) in [5.41, 5.74) is 0.257. The van der Waals surface area contributed by atoms with Gasteiger partial charge in [0.15, 0.2) is 12.4 Å². The number of H-pyrrole nitrogens is 1. The summed E-state index contributed by atoms with van der Waals surface area (Å²) in [7, 11) is 0. The van der Waals surface area contributed by atoms with Gasteiger partial charge in [-0.1, -0.05) is 0 Å². The number of hydrogen-bond donors (Lipinski definition) is 0. The SMILES string of the molecule is N#CC(=C=[N-])C#N.N#Cc1ccc[nH+]c1. The van der Waals surface area contributed by atoms with Gasteiger partial charge in [0, 0.05) is 6.07 Å². The van der Waals surface area contributed by atoms with Crippen LogP contribution in [-0.2, 0) is 0 Å². The first-order chi connectivity index (χ1) is 7.28. The van der Waals surface area contributed by atoms with Crippen molar-refractivity contribution in [3.8, 4) is 18.2 Å². The van der Waals surface area contributed by atoms with Crippen molar-refractivity contribution in [2.24, 2.45) is 0 Å². The third-order valence-corrected chi connectivity index (χ3v) is 1.17. The molecule has 0 atom stereocenters. The summed E-state index contributed by atoms with van der Waals surface area (Å²) < 4.78 is 0. The molecule has 1 rings (SSSR count). The topological polar surface area (TPSA) is 108 Å². The van der Waals surface area contributed by atoms with Gasteiger partial charge in [0.1, 0.15) is 29.3 Å². The lowest BCUT2D eigenvalue weighted by Gasteiger charge is -1.73. The highest BCUT2D eigenvalue weighted by molar-refractivity contribution is 5.71. The van der Waals surface area contributed by atoms with E-state index in [1.807, 2.05) is 6.07 Å². The van der Waals surface area contributed by atoms with E-state index in [0.29, 0.717) is 5.56 Å². The van der Waals surface area contributed by atoms with E-state index < -0.39 is 5.57 Å². The summed E-state index contributed by atoms with van der Waals surface area (Å²) in [5, 5.41) is 31.6. The molecule has 0 aliphatic heterocycles. The number of aromatic nitrogens is 1. The van der Waals surface area contributed by atoms with Gasteiger partial charge >= 0.3 is 0 Å². The van der Waals surface area contributed by atoms with Crippen LogP contribution in [0.15, 0.2) is 30.1 Å². The summed E-state index contributed by atoms with van der Waals surface area (Å²) in [6.07, 6.45) is 3.42. The molecule has 0 aliphatic rings. The van der Waals surface area contributed by atoms with Crippen molar-refractivity contribution in [2.75, 3.05) is 0 Å². The number of allylic oxidation sites excluding steroid dienone is 1. The van der Waals surface area contributed by atoms with Gasteiger partial charge in [-0.15, -0.1) is 0 Å². The van der Waals surface area contributed by atoms with E-state index in [1.165, 1.54) is 18.0 Å². The number of rotatable bonds is 0. The smallest absolute Gasteiger partial charge is 0.184 e. The number of nitrogens with zero attached hydrogens (tertiary/aromatic N) is 4. The lowest BCUT2D eigenvalue weighted by Crippen LogP contribution is -1.97. The van der Waals surface area contributed by atoms with Crippen LogP contribution in [0.2, 0.25) is 0 Å². The summed E-state index contributed by atoms with van der Waals surface area (Å²) >= 11 is 0. The van der Waals surface area contributed by atoms with Crippen molar-refractivity contribution in [1.82, 2.24) is 0 Å². The maximum Gasteiger partial charge on any atom is 0.184 e. The van der Waals surface area contributed by atoms with Gasteiger partial charge in [-0.2, -0.15) is 15.8 Å². The van der Waals surface area contributed by atoms with E-state index in [2.05, 4.69) is 4.98 Å². The van der Waals surface area contributed by atoms with E-state index in [1.54, 1.807) is 24.5 Å². The highest BCUT2D eigenvalue weighted by Gasteiger charge is 1.86. The van der Waals surface area contributed by atoms with Gasteiger partial charge in [-0.3, -0.25) is 0 Å². The minimum Gasteiger partial charge on any atom is -0.762 e. The Morgan fingerprint density at radius 3 is 2.13 bits per heavy atom. The van der Waals surface area contributed by atoms with Crippen LogP contribution in [0, 0.1) is 34.0 Å².